The van der Waals surface area contributed by atoms with Crippen molar-refractivity contribution in [3.8, 4) is 0 Å². The summed E-state index contributed by atoms with van der Waals surface area (Å²) in [6, 6.07) is 8.93. The Hall–Kier alpha value is -1.51. The van der Waals surface area contributed by atoms with Crippen molar-refractivity contribution in [1.82, 2.24) is 0 Å². The number of carbonyl (C=O) groups excluding carboxylic acids is 1. The molecule has 0 spiro atoms. The van der Waals surface area contributed by atoms with E-state index in [1.807, 2.05) is 6.07 Å². The van der Waals surface area contributed by atoms with Gasteiger partial charge >= 0.3 is 5.97 Å². The van der Waals surface area contributed by atoms with E-state index in [-0.39, 0.29) is 0 Å². The maximum atomic E-state index is 11.5. The number of aliphatic hydroxyl groups is 3. The Balaban J connectivity index is 1.88. The molecule has 2 aliphatic rings. The van der Waals surface area contributed by atoms with E-state index in [0.717, 1.165) is 0 Å². The highest BCUT2D eigenvalue weighted by atomic mass is 16.7. The number of aliphatic hydroxyl groups excluding tert-OH is 3. The van der Waals surface area contributed by atoms with Crippen LogP contribution in [0.4, 0.5) is 0 Å². The molecule has 0 radical (unpaired) electrons. The summed E-state index contributed by atoms with van der Waals surface area (Å²) >= 11 is 0. The van der Waals surface area contributed by atoms with Crippen LogP contribution in [0.25, 0.3) is 0 Å². The fourth-order valence-electron chi connectivity index (χ4n) is 2.57. The Labute approximate surface area is 120 Å². The second kappa shape index (κ2) is 5.70. The normalized spacial score (nSPS) is 36.9. The first-order chi connectivity index (χ1) is 10.1. The third kappa shape index (κ3) is 2.54. The Morgan fingerprint density at radius 1 is 1.14 bits per heavy atom. The third-order valence-electron chi connectivity index (χ3n) is 3.65. The second-order valence-corrected chi connectivity index (χ2v) is 5.04. The molecule has 0 aliphatic carbocycles. The molecule has 0 aromatic heterocycles. The molecule has 0 bridgehead atoms. The Bertz CT molecular complexity index is 505. The van der Waals surface area contributed by atoms with E-state index in [4.69, 9.17) is 19.3 Å². The first-order valence-corrected chi connectivity index (χ1v) is 6.65. The quantitative estimate of drug-likeness (QED) is 0.621. The van der Waals surface area contributed by atoms with Crippen molar-refractivity contribution < 1.29 is 34.3 Å². The van der Waals surface area contributed by atoms with Gasteiger partial charge in [-0.2, -0.15) is 0 Å². The van der Waals surface area contributed by atoms with Crippen LogP contribution in [0.3, 0.4) is 0 Å². The molecule has 3 rings (SSSR count). The van der Waals surface area contributed by atoms with Gasteiger partial charge in [0, 0.05) is 5.56 Å². The van der Waals surface area contributed by atoms with E-state index in [9.17, 15) is 15.0 Å². The van der Waals surface area contributed by atoms with Gasteiger partial charge in [0.25, 0.3) is 0 Å². The highest BCUT2D eigenvalue weighted by Crippen LogP contribution is 2.37. The lowest BCUT2D eigenvalue weighted by atomic mass is 9.99. The molecular weight excluding hydrogens is 280 g/mol. The molecule has 7 heteroatoms. The van der Waals surface area contributed by atoms with Gasteiger partial charge < -0.3 is 29.5 Å². The average molecular weight is 296 g/mol. The van der Waals surface area contributed by atoms with Crippen LogP contribution in [0.5, 0.6) is 0 Å². The van der Waals surface area contributed by atoms with Crippen molar-refractivity contribution in [2.45, 2.75) is 36.8 Å². The summed E-state index contributed by atoms with van der Waals surface area (Å²) < 4.78 is 16.2. The van der Waals surface area contributed by atoms with Crippen LogP contribution < -0.4 is 0 Å². The lowest BCUT2D eigenvalue weighted by molar-refractivity contribution is -0.300. The second-order valence-electron chi connectivity index (χ2n) is 5.04. The molecule has 2 fully saturated rings. The molecule has 2 saturated heterocycles. The van der Waals surface area contributed by atoms with Gasteiger partial charge in [-0.1, -0.05) is 30.3 Å². The van der Waals surface area contributed by atoms with Crippen LogP contribution in [0.15, 0.2) is 30.3 Å². The molecule has 6 atom stereocenters. The van der Waals surface area contributed by atoms with Crippen LogP contribution in [-0.2, 0) is 19.0 Å². The molecule has 21 heavy (non-hydrogen) atoms. The monoisotopic (exact) mass is 296 g/mol. The summed E-state index contributed by atoms with van der Waals surface area (Å²) in [5.41, 5.74) is 0.678. The zero-order valence-corrected chi connectivity index (χ0v) is 11.0. The highest BCUT2D eigenvalue weighted by Gasteiger charge is 2.55. The fourth-order valence-corrected chi connectivity index (χ4v) is 2.57. The van der Waals surface area contributed by atoms with E-state index in [2.05, 4.69) is 0 Å². The molecule has 0 unspecified atom stereocenters. The number of hydrogen-bond donors (Lipinski definition) is 3. The van der Waals surface area contributed by atoms with Crippen LogP contribution in [-0.4, -0.2) is 58.4 Å². The summed E-state index contributed by atoms with van der Waals surface area (Å²) in [6.45, 7) is -0.553. The summed E-state index contributed by atoms with van der Waals surface area (Å²) in [5.74, 6) is -0.822. The van der Waals surface area contributed by atoms with Gasteiger partial charge in [-0.3, -0.25) is 0 Å². The SMILES string of the molecule is O=C1O[C@@H]2[C@@H](O[C@H](c3ccccc3)O[C@@H]2[C@H](O)CO)[C@@H]1O. The third-order valence-corrected chi connectivity index (χ3v) is 3.65. The number of rotatable bonds is 3. The number of benzene rings is 1. The van der Waals surface area contributed by atoms with Crippen molar-refractivity contribution in [3.05, 3.63) is 35.9 Å². The molecule has 2 aliphatic heterocycles. The van der Waals surface area contributed by atoms with Gasteiger partial charge in [0.1, 0.15) is 18.3 Å². The van der Waals surface area contributed by atoms with Gasteiger partial charge in [-0.05, 0) is 0 Å². The Morgan fingerprint density at radius 2 is 1.86 bits per heavy atom. The van der Waals surface area contributed by atoms with Crippen LogP contribution in [0.2, 0.25) is 0 Å². The largest absolute Gasteiger partial charge is 0.455 e. The Kier molecular flexibility index (Phi) is 3.92. The predicted octanol–water partition coefficient (Wildman–Crippen LogP) is -0.891. The molecule has 0 amide bonds. The van der Waals surface area contributed by atoms with Crippen molar-refractivity contribution >= 4 is 5.97 Å². The maximum Gasteiger partial charge on any atom is 0.338 e. The van der Waals surface area contributed by atoms with E-state index in [0.29, 0.717) is 5.56 Å². The first-order valence-electron chi connectivity index (χ1n) is 6.65. The topological polar surface area (TPSA) is 105 Å². The Morgan fingerprint density at radius 3 is 2.52 bits per heavy atom. The van der Waals surface area contributed by atoms with E-state index < -0.39 is 49.4 Å². The predicted molar refractivity (Wildman–Crippen MR) is 67.9 cm³/mol. The summed E-state index contributed by atoms with van der Waals surface area (Å²) in [4.78, 5) is 11.5. The smallest absolute Gasteiger partial charge is 0.338 e. The fraction of sp³-hybridized carbons (Fsp3) is 0.500. The molecule has 2 heterocycles. The van der Waals surface area contributed by atoms with Gasteiger partial charge in [0.05, 0.1) is 6.61 Å². The van der Waals surface area contributed by atoms with Crippen molar-refractivity contribution in [1.29, 1.82) is 0 Å². The highest BCUT2D eigenvalue weighted by molar-refractivity contribution is 5.78. The molecular formula is C14H16O7. The minimum atomic E-state index is -1.43. The molecule has 0 saturated carbocycles. The van der Waals surface area contributed by atoms with Gasteiger partial charge in [0.15, 0.2) is 18.5 Å². The lowest BCUT2D eigenvalue weighted by Gasteiger charge is -2.39. The first kappa shape index (κ1) is 14.4. The standard InChI is InChI=1S/C14H16O7/c15-6-8(16)10-12-11(9(17)13(18)19-12)21-14(20-10)7-4-2-1-3-5-7/h1-5,8-12,14-17H,6H2/t8-,9+,10-,11+,12+,14-/m1/s1. The van der Waals surface area contributed by atoms with Gasteiger partial charge in [0.2, 0.25) is 0 Å². The van der Waals surface area contributed by atoms with Crippen molar-refractivity contribution in [2.24, 2.45) is 0 Å². The molecule has 1 aromatic carbocycles. The molecule has 114 valence electrons. The molecule has 3 N–H and O–H groups in total. The van der Waals surface area contributed by atoms with Crippen LogP contribution in [0, 0.1) is 0 Å². The van der Waals surface area contributed by atoms with Crippen LogP contribution >= 0.6 is 0 Å². The summed E-state index contributed by atoms with van der Waals surface area (Å²) in [5, 5.41) is 28.8. The number of hydrogen-bond acceptors (Lipinski definition) is 7. The maximum absolute atomic E-state index is 11.5. The van der Waals surface area contributed by atoms with Crippen molar-refractivity contribution in [3.63, 3.8) is 0 Å². The number of carbonyl (C=O) groups is 1. The van der Waals surface area contributed by atoms with Gasteiger partial charge in [-0.15, -0.1) is 0 Å². The number of ether oxygens (including phenoxy) is 3. The van der Waals surface area contributed by atoms with Gasteiger partial charge in [-0.25, -0.2) is 4.79 Å². The molecule has 7 nitrogen and oxygen atoms in total. The summed E-state index contributed by atoms with van der Waals surface area (Å²) in [7, 11) is 0. The lowest BCUT2D eigenvalue weighted by Crippen LogP contribution is -2.53. The summed E-state index contributed by atoms with van der Waals surface area (Å²) in [6.07, 6.45) is -6.40. The molecule has 1 aromatic rings. The van der Waals surface area contributed by atoms with E-state index in [1.54, 1.807) is 24.3 Å². The van der Waals surface area contributed by atoms with Crippen LogP contribution in [0.1, 0.15) is 11.9 Å². The van der Waals surface area contributed by atoms with E-state index in [1.165, 1.54) is 0 Å². The zero-order chi connectivity index (χ0) is 15.0. The van der Waals surface area contributed by atoms with E-state index >= 15 is 0 Å². The number of esters is 1. The van der Waals surface area contributed by atoms with Crippen molar-refractivity contribution in [2.75, 3.05) is 6.61 Å². The minimum absolute atomic E-state index is 0.553. The number of fused-ring (bicyclic) bond motifs is 1. The average Bonchev–Trinajstić information content (AvgIpc) is 2.82. The zero-order valence-electron chi connectivity index (χ0n) is 11.0. The minimum Gasteiger partial charge on any atom is -0.455 e.